The third kappa shape index (κ3) is 4.63. The minimum atomic E-state index is -3.69. The topological polar surface area (TPSA) is 75.3 Å². The van der Waals surface area contributed by atoms with Crippen molar-refractivity contribution in [2.75, 3.05) is 15.8 Å². The molecule has 1 aliphatic rings. The first kappa shape index (κ1) is 19.5. The van der Waals surface area contributed by atoms with Gasteiger partial charge in [-0.3, -0.25) is 9.52 Å². The number of benzene rings is 3. The van der Waals surface area contributed by atoms with Crippen LogP contribution in [0.5, 0.6) is 0 Å². The molecular formula is C22H20N2O3S2. The Hall–Kier alpha value is -2.77. The average Bonchev–Trinajstić information content (AvgIpc) is 2.74. The lowest BCUT2D eigenvalue weighted by Gasteiger charge is -2.16. The SMILES string of the molecule is O=C(Nc1ccc(S(=O)(=O)Nc2ccccc2)cc1)c1ccc2c(c1)CCCS2. The fourth-order valence-corrected chi connectivity index (χ4v) is 5.22. The number of carbonyl (C=O) groups excluding carboxylic acids is 1. The zero-order chi connectivity index (χ0) is 20.3. The van der Waals surface area contributed by atoms with Crippen LogP contribution in [-0.2, 0) is 16.4 Å². The van der Waals surface area contributed by atoms with E-state index in [-0.39, 0.29) is 10.8 Å². The van der Waals surface area contributed by atoms with E-state index in [1.807, 2.05) is 36.0 Å². The van der Waals surface area contributed by atoms with Gasteiger partial charge in [0.1, 0.15) is 0 Å². The number of nitrogens with one attached hydrogen (secondary N) is 2. The number of hydrogen-bond donors (Lipinski definition) is 2. The first-order chi connectivity index (χ1) is 14.0. The molecule has 4 rings (SSSR count). The molecule has 3 aromatic rings. The molecule has 7 heteroatoms. The van der Waals surface area contributed by atoms with E-state index in [0.29, 0.717) is 16.9 Å². The molecule has 0 saturated heterocycles. The van der Waals surface area contributed by atoms with E-state index in [4.69, 9.17) is 0 Å². The highest BCUT2D eigenvalue weighted by molar-refractivity contribution is 7.99. The van der Waals surface area contributed by atoms with Crippen molar-refractivity contribution < 1.29 is 13.2 Å². The third-order valence-electron chi connectivity index (χ3n) is 4.62. The molecule has 0 aromatic heterocycles. The van der Waals surface area contributed by atoms with Crippen LogP contribution in [-0.4, -0.2) is 20.1 Å². The van der Waals surface area contributed by atoms with Gasteiger partial charge in [0.25, 0.3) is 15.9 Å². The highest BCUT2D eigenvalue weighted by Gasteiger charge is 2.16. The molecule has 1 amide bonds. The van der Waals surface area contributed by atoms with E-state index in [9.17, 15) is 13.2 Å². The van der Waals surface area contributed by atoms with Gasteiger partial charge in [0.15, 0.2) is 0 Å². The molecule has 0 atom stereocenters. The fraction of sp³-hybridized carbons (Fsp3) is 0.136. The first-order valence-corrected chi connectivity index (χ1v) is 11.7. The summed E-state index contributed by atoms with van der Waals surface area (Å²) in [6.07, 6.45) is 2.11. The van der Waals surface area contributed by atoms with Crippen molar-refractivity contribution in [1.82, 2.24) is 0 Å². The van der Waals surface area contributed by atoms with Gasteiger partial charge in [0.2, 0.25) is 0 Å². The molecule has 0 radical (unpaired) electrons. The molecule has 0 fully saturated rings. The molecule has 0 bridgehead atoms. The summed E-state index contributed by atoms with van der Waals surface area (Å²) in [7, 11) is -3.69. The molecule has 148 valence electrons. The maximum Gasteiger partial charge on any atom is 0.261 e. The van der Waals surface area contributed by atoms with Gasteiger partial charge in [0, 0.05) is 21.8 Å². The maximum absolute atomic E-state index is 12.6. The number of fused-ring (bicyclic) bond motifs is 1. The Labute approximate surface area is 174 Å². The standard InChI is InChI=1S/C22H20N2O3S2/c25-22(17-8-13-21-16(15-17)5-4-14-28-21)23-18-9-11-20(12-10-18)29(26,27)24-19-6-2-1-3-7-19/h1-3,6-13,15,24H,4-5,14H2,(H,23,25). The van der Waals surface area contributed by atoms with Crippen molar-refractivity contribution >= 4 is 39.1 Å². The number of carbonyl (C=O) groups is 1. The minimum Gasteiger partial charge on any atom is -0.322 e. The number of para-hydroxylation sites is 1. The second-order valence-corrected chi connectivity index (χ2v) is 9.54. The van der Waals surface area contributed by atoms with Crippen molar-refractivity contribution in [2.45, 2.75) is 22.6 Å². The van der Waals surface area contributed by atoms with E-state index in [0.717, 1.165) is 18.6 Å². The lowest BCUT2D eigenvalue weighted by molar-refractivity contribution is 0.102. The predicted molar refractivity (Wildman–Crippen MR) is 117 cm³/mol. The molecule has 0 saturated carbocycles. The Balaban J connectivity index is 1.46. The van der Waals surface area contributed by atoms with Crippen molar-refractivity contribution in [1.29, 1.82) is 0 Å². The lowest BCUT2D eigenvalue weighted by Crippen LogP contribution is -2.14. The normalized spacial score (nSPS) is 13.4. The molecule has 3 aromatic carbocycles. The summed E-state index contributed by atoms with van der Waals surface area (Å²) in [5, 5.41) is 2.83. The molecule has 0 spiro atoms. The molecule has 0 aliphatic carbocycles. The van der Waals surface area contributed by atoms with Crippen LogP contribution in [0.3, 0.4) is 0 Å². The maximum atomic E-state index is 12.6. The summed E-state index contributed by atoms with van der Waals surface area (Å²) in [5.74, 6) is 0.911. The number of thioether (sulfide) groups is 1. The molecule has 0 unspecified atom stereocenters. The Morgan fingerprint density at radius 1 is 0.897 bits per heavy atom. The summed E-state index contributed by atoms with van der Waals surface area (Å²) in [6, 6.07) is 20.6. The molecule has 5 nitrogen and oxygen atoms in total. The number of sulfonamides is 1. The van der Waals surface area contributed by atoms with Gasteiger partial charge < -0.3 is 5.32 Å². The van der Waals surface area contributed by atoms with E-state index in [1.54, 1.807) is 36.4 Å². The van der Waals surface area contributed by atoms with E-state index in [2.05, 4.69) is 10.0 Å². The fourth-order valence-electron chi connectivity index (χ4n) is 3.14. The quantitative estimate of drug-likeness (QED) is 0.618. The van der Waals surface area contributed by atoms with Crippen LogP contribution in [0.15, 0.2) is 82.6 Å². The highest BCUT2D eigenvalue weighted by Crippen LogP contribution is 2.30. The van der Waals surface area contributed by atoms with E-state index in [1.165, 1.54) is 22.6 Å². The lowest BCUT2D eigenvalue weighted by atomic mass is 10.1. The number of rotatable bonds is 5. The third-order valence-corrected chi connectivity index (χ3v) is 7.22. The van der Waals surface area contributed by atoms with Crippen molar-refractivity contribution in [3.8, 4) is 0 Å². The van der Waals surface area contributed by atoms with Crippen LogP contribution in [0.2, 0.25) is 0 Å². The highest BCUT2D eigenvalue weighted by atomic mass is 32.2. The van der Waals surface area contributed by atoms with Gasteiger partial charge in [0.05, 0.1) is 4.90 Å². The van der Waals surface area contributed by atoms with Gasteiger partial charge in [-0.25, -0.2) is 8.42 Å². The second kappa shape index (κ2) is 8.31. The Kier molecular flexibility index (Phi) is 5.60. The van der Waals surface area contributed by atoms with Crippen molar-refractivity contribution in [2.24, 2.45) is 0 Å². The molecular weight excluding hydrogens is 404 g/mol. The van der Waals surface area contributed by atoms with Crippen LogP contribution < -0.4 is 10.0 Å². The largest absolute Gasteiger partial charge is 0.322 e. The van der Waals surface area contributed by atoms with Crippen molar-refractivity contribution in [3.63, 3.8) is 0 Å². The zero-order valence-corrected chi connectivity index (χ0v) is 17.2. The van der Waals surface area contributed by atoms with Gasteiger partial charge in [-0.15, -0.1) is 11.8 Å². The average molecular weight is 425 g/mol. The number of hydrogen-bond acceptors (Lipinski definition) is 4. The van der Waals surface area contributed by atoms with Crippen LogP contribution in [0.25, 0.3) is 0 Å². The monoisotopic (exact) mass is 424 g/mol. The van der Waals surface area contributed by atoms with Crippen LogP contribution >= 0.6 is 11.8 Å². The molecule has 1 aliphatic heterocycles. The molecule has 2 N–H and O–H groups in total. The Morgan fingerprint density at radius 3 is 2.41 bits per heavy atom. The van der Waals surface area contributed by atoms with Gasteiger partial charge >= 0.3 is 0 Å². The Morgan fingerprint density at radius 2 is 1.66 bits per heavy atom. The van der Waals surface area contributed by atoms with E-state index >= 15 is 0 Å². The first-order valence-electron chi connectivity index (χ1n) is 9.26. The number of anilines is 2. The minimum absolute atomic E-state index is 0.130. The summed E-state index contributed by atoms with van der Waals surface area (Å²) >= 11 is 1.82. The van der Waals surface area contributed by atoms with Crippen molar-refractivity contribution in [3.05, 3.63) is 83.9 Å². The summed E-state index contributed by atoms with van der Waals surface area (Å²) in [5.41, 5.74) is 2.85. The smallest absolute Gasteiger partial charge is 0.261 e. The molecule has 1 heterocycles. The summed E-state index contributed by atoms with van der Waals surface area (Å²) < 4.78 is 27.5. The number of amides is 1. The molecule has 29 heavy (non-hydrogen) atoms. The van der Waals surface area contributed by atoms with E-state index < -0.39 is 10.0 Å². The van der Waals surface area contributed by atoms with Crippen LogP contribution in [0.1, 0.15) is 22.3 Å². The van der Waals surface area contributed by atoms with Crippen LogP contribution in [0, 0.1) is 0 Å². The Bertz CT molecular complexity index is 1130. The van der Waals surface area contributed by atoms with Gasteiger partial charge in [-0.2, -0.15) is 0 Å². The second-order valence-electron chi connectivity index (χ2n) is 6.72. The van der Waals surface area contributed by atoms with Gasteiger partial charge in [-0.1, -0.05) is 18.2 Å². The zero-order valence-electron chi connectivity index (χ0n) is 15.6. The number of aryl methyl sites for hydroxylation is 1. The summed E-state index contributed by atoms with van der Waals surface area (Å²) in [6.45, 7) is 0. The van der Waals surface area contributed by atoms with Crippen LogP contribution in [0.4, 0.5) is 11.4 Å². The predicted octanol–water partition coefficient (Wildman–Crippen LogP) is 4.78. The summed E-state index contributed by atoms with van der Waals surface area (Å²) in [4.78, 5) is 13.9. The van der Waals surface area contributed by atoms with Gasteiger partial charge in [-0.05, 0) is 78.8 Å².